The SMILES string of the molecule is CN(Cc1nccnc1C(F)(F)F)C1CCN(c2nnc(-c3ccnn3C)c3ccccc23)CC1. The Bertz CT molecular complexity index is 1330. The average Bonchev–Trinajstić information content (AvgIpc) is 3.28. The molecule has 35 heavy (non-hydrogen) atoms. The fourth-order valence-electron chi connectivity index (χ4n) is 4.72. The Morgan fingerprint density at radius 2 is 1.69 bits per heavy atom. The van der Waals surface area contributed by atoms with Crippen molar-refractivity contribution in [2.75, 3.05) is 25.0 Å². The molecule has 1 saturated heterocycles. The van der Waals surface area contributed by atoms with Gasteiger partial charge in [-0.2, -0.15) is 18.3 Å². The number of alkyl halides is 3. The lowest BCUT2D eigenvalue weighted by molar-refractivity contribution is -0.142. The summed E-state index contributed by atoms with van der Waals surface area (Å²) in [5.41, 5.74) is 0.707. The maximum Gasteiger partial charge on any atom is 0.435 e. The fourth-order valence-corrected chi connectivity index (χ4v) is 4.72. The van der Waals surface area contributed by atoms with Crippen molar-refractivity contribution in [3.05, 3.63) is 60.3 Å². The van der Waals surface area contributed by atoms with E-state index in [-0.39, 0.29) is 18.3 Å². The van der Waals surface area contributed by atoms with Gasteiger partial charge in [-0.1, -0.05) is 24.3 Å². The Morgan fingerprint density at radius 1 is 0.971 bits per heavy atom. The van der Waals surface area contributed by atoms with Crippen molar-refractivity contribution in [1.82, 2.24) is 34.8 Å². The standard InChI is InChI=1S/C24H25F3N8/c1-33(15-19-22(24(25,26)27)29-12-11-28-19)16-8-13-35(14-9-16)23-18-6-4-3-5-17(18)21(31-32-23)20-7-10-30-34(20)2/h3-7,10-12,16H,8-9,13-15H2,1-2H3. The van der Waals surface area contributed by atoms with E-state index in [9.17, 15) is 13.2 Å². The van der Waals surface area contributed by atoms with Gasteiger partial charge in [0, 0.05) is 62.1 Å². The molecular formula is C24H25F3N8. The summed E-state index contributed by atoms with van der Waals surface area (Å²) >= 11 is 0. The van der Waals surface area contributed by atoms with Gasteiger partial charge >= 0.3 is 6.18 Å². The maximum atomic E-state index is 13.3. The van der Waals surface area contributed by atoms with E-state index in [0.29, 0.717) is 0 Å². The molecular weight excluding hydrogens is 457 g/mol. The molecule has 5 rings (SSSR count). The van der Waals surface area contributed by atoms with E-state index in [1.807, 2.05) is 49.3 Å². The molecule has 3 aromatic heterocycles. The lowest BCUT2D eigenvalue weighted by Gasteiger charge is -2.37. The summed E-state index contributed by atoms with van der Waals surface area (Å²) in [6.45, 7) is 1.55. The second-order valence-electron chi connectivity index (χ2n) is 8.74. The minimum atomic E-state index is -4.52. The molecule has 0 spiro atoms. The number of anilines is 1. The maximum absolute atomic E-state index is 13.3. The third kappa shape index (κ3) is 4.55. The predicted molar refractivity (Wildman–Crippen MR) is 125 cm³/mol. The quantitative estimate of drug-likeness (QED) is 0.427. The van der Waals surface area contributed by atoms with Gasteiger partial charge in [-0.15, -0.1) is 10.2 Å². The number of halogens is 3. The van der Waals surface area contributed by atoms with Crippen LogP contribution < -0.4 is 4.90 Å². The summed E-state index contributed by atoms with van der Waals surface area (Å²) in [5, 5.41) is 15.4. The van der Waals surface area contributed by atoms with Crippen LogP contribution in [-0.4, -0.2) is 61.0 Å². The van der Waals surface area contributed by atoms with E-state index in [1.165, 1.54) is 6.20 Å². The van der Waals surface area contributed by atoms with Crippen molar-refractivity contribution in [3.8, 4) is 11.4 Å². The zero-order chi connectivity index (χ0) is 24.6. The average molecular weight is 483 g/mol. The molecule has 0 unspecified atom stereocenters. The molecule has 0 aliphatic carbocycles. The minimum absolute atomic E-state index is 0.0486. The highest BCUT2D eigenvalue weighted by Gasteiger charge is 2.36. The van der Waals surface area contributed by atoms with E-state index in [2.05, 4.69) is 30.2 Å². The van der Waals surface area contributed by atoms with Crippen LogP contribution in [0.1, 0.15) is 24.2 Å². The van der Waals surface area contributed by atoms with E-state index < -0.39 is 11.9 Å². The number of hydrogen-bond acceptors (Lipinski definition) is 7. The molecule has 0 saturated carbocycles. The molecule has 182 valence electrons. The Morgan fingerprint density at radius 3 is 2.37 bits per heavy atom. The van der Waals surface area contributed by atoms with Gasteiger partial charge in [-0.25, -0.2) is 4.98 Å². The first kappa shape index (κ1) is 23.2. The summed E-state index contributed by atoms with van der Waals surface area (Å²) < 4.78 is 41.7. The van der Waals surface area contributed by atoms with Crippen LogP contribution in [-0.2, 0) is 19.8 Å². The molecule has 8 nitrogen and oxygen atoms in total. The van der Waals surface area contributed by atoms with Crippen LogP contribution in [0.15, 0.2) is 48.9 Å². The third-order valence-electron chi connectivity index (χ3n) is 6.56. The molecule has 4 heterocycles. The summed E-state index contributed by atoms with van der Waals surface area (Å²) in [6.07, 6.45) is 1.18. The fraction of sp³-hybridized carbons (Fsp3) is 0.375. The molecule has 1 aliphatic rings. The molecule has 0 atom stereocenters. The number of fused-ring (bicyclic) bond motifs is 1. The lowest BCUT2D eigenvalue weighted by atomic mass is 10.0. The van der Waals surface area contributed by atoms with Crippen molar-refractivity contribution < 1.29 is 13.2 Å². The number of piperidine rings is 1. The second kappa shape index (κ2) is 9.21. The predicted octanol–water partition coefficient (Wildman–Crippen LogP) is 3.94. The summed E-state index contributed by atoms with van der Waals surface area (Å²) in [4.78, 5) is 11.6. The largest absolute Gasteiger partial charge is 0.435 e. The zero-order valence-electron chi connectivity index (χ0n) is 19.4. The van der Waals surface area contributed by atoms with Crippen molar-refractivity contribution >= 4 is 16.6 Å². The number of nitrogens with zero attached hydrogens (tertiary/aromatic N) is 8. The monoisotopic (exact) mass is 482 g/mol. The Labute approximate surface area is 200 Å². The van der Waals surface area contributed by atoms with Crippen LogP contribution in [0.4, 0.5) is 19.0 Å². The van der Waals surface area contributed by atoms with E-state index in [0.717, 1.165) is 60.1 Å². The van der Waals surface area contributed by atoms with Crippen LogP contribution in [0.2, 0.25) is 0 Å². The molecule has 11 heteroatoms. The van der Waals surface area contributed by atoms with Crippen molar-refractivity contribution in [2.45, 2.75) is 31.6 Å². The van der Waals surface area contributed by atoms with Crippen molar-refractivity contribution in [3.63, 3.8) is 0 Å². The molecule has 0 N–H and O–H groups in total. The Hall–Kier alpha value is -3.60. The molecule has 1 aromatic carbocycles. The third-order valence-corrected chi connectivity index (χ3v) is 6.56. The van der Waals surface area contributed by atoms with Gasteiger partial charge in [0.25, 0.3) is 0 Å². The Balaban J connectivity index is 1.33. The zero-order valence-corrected chi connectivity index (χ0v) is 19.4. The number of aryl methyl sites for hydroxylation is 1. The van der Waals surface area contributed by atoms with Crippen LogP contribution in [0.3, 0.4) is 0 Å². The van der Waals surface area contributed by atoms with Crippen molar-refractivity contribution in [1.29, 1.82) is 0 Å². The first-order chi connectivity index (χ1) is 16.8. The molecule has 1 fully saturated rings. The first-order valence-electron chi connectivity index (χ1n) is 11.4. The van der Waals surface area contributed by atoms with Gasteiger partial charge < -0.3 is 4.90 Å². The van der Waals surface area contributed by atoms with Gasteiger partial charge in [0.1, 0.15) is 5.69 Å². The highest BCUT2D eigenvalue weighted by atomic mass is 19.4. The summed E-state index contributed by atoms with van der Waals surface area (Å²) in [5.74, 6) is 0.820. The van der Waals surface area contributed by atoms with Gasteiger partial charge in [0.15, 0.2) is 11.5 Å². The van der Waals surface area contributed by atoms with E-state index in [4.69, 9.17) is 0 Å². The number of aromatic nitrogens is 6. The van der Waals surface area contributed by atoms with Crippen LogP contribution in [0, 0.1) is 0 Å². The number of rotatable bonds is 5. The normalized spacial score (nSPS) is 15.3. The highest BCUT2D eigenvalue weighted by molar-refractivity contribution is 5.99. The van der Waals surface area contributed by atoms with Gasteiger partial charge in [0.05, 0.1) is 11.4 Å². The molecule has 0 bridgehead atoms. The van der Waals surface area contributed by atoms with Gasteiger partial charge in [0.2, 0.25) is 0 Å². The smallest absolute Gasteiger partial charge is 0.354 e. The first-order valence-corrected chi connectivity index (χ1v) is 11.4. The second-order valence-corrected chi connectivity index (χ2v) is 8.74. The molecule has 0 amide bonds. The lowest BCUT2D eigenvalue weighted by Crippen LogP contribution is -2.43. The van der Waals surface area contributed by atoms with Gasteiger partial charge in [-0.3, -0.25) is 14.6 Å². The minimum Gasteiger partial charge on any atom is -0.354 e. The topological polar surface area (TPSA) is 75.9 Å². The van der Waals surface area contributed by atoms with Gasteiger partial charge in [-0.05, 0) is 26.0 Å². The highest BCUT2D eigenvalue weighted by Crippen LogP contribution is 2.33. The molecule has 1 aliphatic heterocycles. The van der Waals surface area contributed by atoms with Crippen LogP contribution in [0.5, 0.6) is 0 Å². The number of benzene rings is 1. The summed E-state index contributed by atoms with van der Waals surface area (Å²) in [6, 6.07) is 10.1. The Kier molecular flexibility index (Phi) is 6.10. The molecule has 4 aromatic rings. The van der Waals surface area contributed by atoms with E-state index >= 15 is 0 Å². The van der Waals surface area contributed by atoms with E-state index in [1.54, 1.807) is 10.9 Å². The number of hydrogen-bond donors (Lipinski definition) is 0. The van der Waals surface area contributed by atoms with Crippen LogP contribution >= 0.6 is 0 Å². The summed E-state index contributed by atoms with van der Waals surface area (Å²) in [7, 11) is 3.71. The van der Waals surface area contributed by atoms with Crippen LogP contribution in [0.25, 0.3) is 22.2 Å². The molecule has 0 radical (unpaired) electrons. The van der Waals surface area contributed by atoms with Crippen molar-refractivity contribution in [2.24, 2.45) is 7.05 Å².